The Kier molecular flexibility index (Phi) is 4.65. The van der Waals surface area contributed by atoms with Crippen molar-refractivity contribution in [3.8, 4) is 0 Å². The van der Waals surface area contributed by atoms with Crippen LogP contribution in [-0.4, -0.2) is 27.6 Å². The van der Waals surface area contributed by atoms with Crippen LogP contribution in [0.5, 0.6) is 0 Å². The van der Waals surface area contributed by atoms with Crippen molar-refractivity contribution in [3.63, 3.8) is 0 Å². The first kappa shape index (κ1) is 15.8. The van der Waals surface area contributed by atoms with Gasteiger partial charge >= 0.3 is 5.97 Å². The summed E-state index contributed by atoms with van der Waals surface area (Å²) < 4.78 is 2.05. The van der Waals surface area contributed by atoms with Crippen molar-refractivity contribution in [1.29, 1.82) is 0 Å². The molecule has 0 radical (unpaired) electrons. The number of carboxylic acids is 1. The van der Waals surface area contributed by atoms with Crippen molar-refractivity contribution in [2.75, 3.05) is 0 Å². The number of rotatable bonds is 5. The average molecular weight is 300 g/mol. The molecule has 5 nitrogen and oxygen atoms in total. The van der Waals surface area contributed by atoms with Crippen LogP contribution >= 0.6 is 0 Å². The molecule has 0 unspecified atom stereocenters. The van der Waals surface area contributed by atoms with Crippen LogP contribution in [0.2, 0.25) is 0 Å². The molecule has 1 aromatic heterocycles. The lowest BCUT2D eigenvalue weighted by Crippen LogP contribution is -2.38. The zero-order valence-corrected chi connectivity index (χ0v) is 13.0. The van der Waals surface area contributed by atoms with E-state index in [4.69, 9.17) is 5.11 Å². The maximum Gasteiger partial charge on any atom is 0.325 e. The Labute approximate surface area is 129 Å². The summed E-state index contributed by atoms with van der Waals surface area (Å²) >= 11 is 0. The molecule has 5 heteroatoms. The highest BCUT2D eigenvalue weighted by atomic mass is 16.4. The second-order valence-corrected chi connectivity index (χ2v) is 5.39. The van der Waals surface area contributed by atoms with E-state index in [0.29, 0.717) is 12.1 Å². The predicted molar refractivity (Wildman–Crippen MR) is 84.0 cm³/mol. The van der Waals surface area contributed by atoms with Crippen molar-refractivity contribution in [2.45, 2.75) is 33.4 Å². The largest absolute Gasteiger partial charge is 0.480 e. The summed E-state index contributed by atoms with van der Waals surface area (Å²) in [6.07, 6.45) is 0. The number of hydrogen-bond donors (Lipinski definition) is 2. The van der Waals surface area contributed by atoms with Crippen LogP contribution in [0.15, 0.2) is 36.4 Å². The summed E-state index contributed by atoms with van der Waals surface area (Å²) in [5.41, 5.74) is 3.46. The Morgan fingerprint density at radius 1 is 1.23 bits per heavy atom. The quantitative estimate of drug-likeness (QED) is 0.890. The minimum absolute atomic E-state index is 0.359. The van der Waals surface area contributed by atoms with Crippen LogP contribution in [0.4, 0.5) is 0 Å². The number of nitrogens with zero attached hydrogens (tertiary/aromatic N) is 1. The molecule has 0 aliphatic carbocycles. The van der Waals surface area contributed by atoms with Gasteiger partial charge in [-0.05, 0) is 32.4 Å². The van der Waals surface area contributed by atoms with Crippen LogP contribution in [0.3, 0.4) is 0 Å². The van der Waals surface area contributed by atoms with E-state index in [1.54, 1.807) is 6.07 Å². The summed E-state index contributed by atoms with van der Waals surface area (Å²) in [6.45, 7) is 5.94. The van der Waals surface area contributed by atoms with Crippen LogP contribution in [-0.2, 0) is 11.3 Å². The minimum atomic E-state index is -1.05. The number of aromatic nitrogens is 1. The number of carbonyl (C=O) groups is 2. The van der Waals surface area contributed by atoms with Crippen LogP contribution in [0.25, 0.3) is 0 Å². The maximum atomic E-state index is 12.2. The summed E-state index contributed by atoms with van der Waals surface area (Å²) in [4.78, 5) is 23.1. The molecule has 1 aromatic carbocycles. The molecule has 1 heterocycles. The maximum absolute atomic E-state index is 12.2. The van der Waals surface area contributed by atoms with Crippen molar-refractivity contribution in [3.05, 3.63) is 58.9 Å². The van der Waals surface area contributed by atoms with E-state index in [2.05, 4.69) is 9.88 Å². The second kappa shape index (κ2) is 6.47. The smallest absolute Gasteiger partial charge is 0.325 e. The SMILES string of the molecule is Cc1cc(C(=O)N[C@@H](C)C(=O)O)c(C)n1Cc1ccccc1. The molecule has 2 rings (SSSR count). The van der Waals surface area contributed by atoms with Gasteiger partial charge in [0, 0.05) is 17.9 Å². The lowest BCUT2D eigenvalue weighted by atomic mass is 10.2. The van der Waals surface area contributed by atoms with Gasteiger partial charge in [-0.3, -0.25) is 9.59 Å². The van der Waals surface area contributed by atoms with E-state index in [9.17, 15) is 9.59 Å². The highest BCUT2D eigenvalue weighted by molar-refractivity contribution is 5.97. The second-order valence-electron chi connectivity index (χ2n) is 5.39. The number of aryl methyl sites for hydroxylation is 1. The fourth-order valence-corrected chi connectivity index (χ4v) is 2.38. The fraction of sp³-hybridized carbons (Fsp3) is 0.294. The van der Waals surface area contributed by atoms with Gasteiger partial charge in [-0.15, -0.1) is 0 Å². The standard InChI is InChI=1S/C17H20N2O3/c1-11-9-15(16(20)18-12(2)17(21)22)13(3)19(11)10-14-7-5-4-6-8-14/h4-9,12H,10H2,1-3H3,(H,18,20)(H,21,22)/t12-/m0/s1. The van der Waals surface area contributed by atoms with Gasteiger partial charge < -0.3 is 15.0 Å². The third-order valence-corrected chi connectivity index (χ3v) is 3.72. The van der Waals surface area contributed by atoms with Crippen molar-refractivity contribution in [2.24, 2.45) is 0 Å². The Balaban J connectivity index is 2.23. The summed E-state index contributed by atoms with van der Waals surface area (Å²) in [6, 6.07) is 10.9. The normalized spacial score (nSPS) is 12.0. The first-order chi connectivity index (χ1) is 10.4. The third kappa shape index (κ3) is 3.36. The molecule has 1 amide bonds. The van der Waals surface area contributed by atoms with E-state index in [-0.39, 0.29) is 5.91 Å². The van der Waals surface area contributed by atoms with Gasteiger partial charge in [0.1, 0.15) is 6.04 Å². The molecule has 0 spiro atoms. The van der Waals surface area contributed by atoms with Crippen molar-refractivity contribution >= 4 is 11.9 Å². The fourth-order valence-electron chi connectivity index (χ4n) is 2.38. The number of carbonyl (C=O) groups excluding carboxylic acids is 1. The molecule has 22 heavy (non-hydrogen) atoms. The summed E-state index contributed by atoms with van der Waals surface area (Å²) in [5, 5.41) is 11.4. The topological polar surface area (TPSA) is 71.3 Å². The van der Waals surface area contributed by atoms with Gasteiger partial charge in [-0.1, -0.05) is 30.3 Å². The van der Waals surface area contributed by atoms with Crippen LogP contribution in [0, 0.1) is 13.8 Å². The molecule has 1 atom stereocenters. The Morgan fingerprint density at radius 2 is 1.86 bits per heavy atom. The molecule has 0 aliphatic heterocycles. The predicted octanol–water partition coefficient (Wildman–Crippen LogP) is 2.36. The lowest BCUT2D eigenvalue weighted by molar-refractivity contribution is -0.138. The zero-order valence-electron chi connectivity index (χ0n) is 13.0. The molecule has 0 saturated heterocycles. The lowest BCUT2D eigenvalue weighted by Gasteiger charge is -2.11. The first-order valence-corrected chi connectivity index (χ1v) is 7.14. The molecule has 0 aliphatic rings. The Hall–Kier alpha value is -2.56. The minimum Gasteiger partial charge on any atom is -0.480 e. The van der Waals surface area contributed by atoms with Gasteiger partial charge in [0.2, 0.25) is 0 Å². The molecule has 0 saturated carbocycles. The molecule has 0 bridgehead atoms. The van der Waals surface area contributed by atoms with Gasteiger partial charge in [-0.25, -0.2) is 0 Å². The molecule has 2 N–H and O–H groups in total. The summed E-state index contributed by atoms with van der Waals surface area (Å²) in [7, 11) is 0. The Bertz CT molecular complexity index is 689. The van der Waals surface area contributed by atoms with E-state index >= 15 is 0 Å². The monoisotopic (exact) mass is 300 g/mol. The number of amides is 1. The molecule has 2 aromatic rings. The number of aliphatic carboxylic acids is 1. The number of carboxylic acid groups (broad SMARTS) is 1. The van der Waals surface area contributed by atoms with E-state index in [1.165, 1.54) is 6.92 Å². The Morgan fingerprint density at radius 3 is 2.45 bits per heavy atom. The summed E-state index contributed by atoms with van der Waals surface area (Å²) in [5.74, 6) is -1.41. The van der Waals surface area contributed by atoms with Gasteiger partial charge in [-0.2, -0.15) is 0 Å². The number of nitrogens with one attached hydrogen (secondary N) is 1. The zero-order chi connectivity index (χ0) is 16.3. The van der Waals surface area contributed by atoms with Crippen molar-refractivity contribution in [1.82, 2.24) is 9.88 Å². The molecular formula is C17H20N2O3. The van der Waals surface area contributed by atoms with Crippen LogP contribution < -0.4 is 5.32 Å². The average Bonchev–Trinajstić information content (AvgIpc) is 2.76. The molecular weight excluding hydrogens is 280 g/mol. The van der Waals surface area contributed by atoms with Gasteiger partial charge in [0.15, 0.2) is 0 Å². The highest BCUT2D eigenvalue weighted by Crippen LogP contribution is 2.17. The van der Waals surface area contributed by atoms with E-state index < -0.39 is 12.0 Å². The van der Waals surface area contributed by atoms with Crippen LogP contribution in [0.1, 0.15) is 34.2 Å². The number of hydrogen-bond acceptors (Lipinski definition) is 2. The van der Waals surface area contributed by atoms with Crippen molar-refractivity contribution < 1.29 is 14.7 Å². The van der Waals surface area contributed by atoms with E-state index in [0.717, 1.165) is 17.0 Å². The van der Waals surface area contributed by atoms with E-state index in [1.807, 2.05) is 44.2 Å². The third-order valence-electron chi connectivity index (χ3n) is 3.72. The van der Waals surface area contributed by atoms with Gasteiger partial charge in [0.25, 0.3) is 5.91 Å². The number of benzene rings is 1. The highest BCUT2D eigenvalue weighted by Gasteiger charge is 2.19. The molecule has 116 valence electrons. The first-order valence-electron chi connectivity index (χ1n) is 7.14. The van der Waals surface area contributed by atoms with Gasteiger partial charge in [0.05, 0.1) is 5.56 Å². The molecule has 0 fully saturated rings.